The molecule has 5 nitrogen and oxygen atoms in total. The molecular weight excluding hydrogens is 475 g/mol. The van der Waals surface area contributed by atoms with Gasteiger partial charge < -0.3 is 4.74 Å². The molecule has 1 heterocycles. The summed E-state index contributed by atoms with van der Waals surface area (Å²) in [6.45, 7) is 5.80. The standard InChI is InChI=1S/C20H19IN2O3S/c1-4-26-19(25)13(3)27-20-22-16-10-9-14(21)11-15(16)18(24)23(20)17-8-6-5-7-12(17)2/h5-11,13H,4H2,1-3H3/t13-/m1/s1. The molecule has 1 aromatic heterocycles. The second-order valence-corrected chi connectivity index (χ2v) is 8.55. The first kappa shape index (κ1) is 19.9. The SMILES string of the molecule is CCOC(=O)[C@@H](C)Sc1nc2ccc(I)cc2c(=O)n1-c1ccccc1C. The second-order valence-electron chi connectivity index (χ2n) is 6.00. The van der Waals surface area contributed by atoms with E-state index in [1.54, 1.807) is 18.4 Å². The van der Waals surface area contributed by atoms with E-state index < -0.39 is 5.25 Å². The highest BCUT2D eigenvalue weighted by atomic mass is 127. The molecule has 0 saturated heterocycles. The Bertz CT molecular complexity index is 1060. The quantitative estimate of drug-likeness (QED) is 0.229. The first-order chi connectivity index (χ1) is 12.9. The number of benzene rings is 2. The van der Waals surface area contributed by atoms with Crippen molar-refractivity contribution < 1.29 is 9.53 Å². The number of ether oxygens (including phenoxy) is 1. The lowest BCUT2D eigenvalue weighted by atomic mass is 10.2. The van der Waals surface area contributed by atoms with Crippen molar-refractivity contribution >= 4 is 51.2 Å². The van der Waals surface area contributed by atoms with Gasteiger partial charge in [0.25, 0.3) is 5.56 Å². The van der Waals surface area contributed by atoms with E-state index in [9.17, 15) is 9.59 Å². The zero-order chi connectivity index (χ0) is 19.6. The number of hydrogen-bond donors (Lipinski definition) is 0. The van der Waals surface area contributed by atoms with Gasteiger partial charge in [-0.25, -0.2) is 4.98 Å². The van der Waals surface area contributed by atoms with Crippen molar-refractivity contribution in [2.24, 2.45) is 0 Å². The number of aryl methyl sites for hydroxylation is 1. The fraction of sp³-hybridized carbons (Fsp3) is 0.250. The van der Waals surface area contributed by atoms with Crippen molar-refractivity contribution in [3.63, 3.8) is 0 Å². The number of fused-ring (bicyclic) bond motifs is 1. The lowest BCUT2D eigenvalue weighted by Crippen LogP contribution is -2.25. The highest BCUT2D eigenvalue weighted by Gasteiger charge is 2.21. The van der Waals surface area contributed by atoms with Crippen molar-refractivity contribution in [3.05, 3.63) is 62.0 Å². The number of nitrogens with zero attached hydrogens (tertiary/aromatic N) is 2. The minimum atomic E-state index is -0.478. The van der Waals surface area contributed by atoms with Crippen LogP contribution >= 0.6 is 34.4 Å². The van der Waals surface area contributed by atoms with Crippen LogP contribution in [-0.2, 0) is 9.53 Å². The van der Waals surface area contributed by atoms with Gasteiger partial charge in [0, 0.05) is 3.57 Å². The summed E-state index contributed by atoms with van der Waals surface area (Å²) in [5, 5.41) is 0.551. The molecule has 140 valence electrons. The summed E-state index contributed by atoms with van der Waals surface area (Å²) in [5.74, 6) is -0.323. The number of rotatable bonds is 5. The van der Waals surface area contributed by atoms with Gasteiger partial charge in [-0.2, -0.15) is 0 Å². The number of thioether (sulfide) groups is 1. The van der Waals surface area contributed by atoms with E-state index in [1.165, 1.54) is 11.8 Å². The normalized spacial score (nSPS) is 12.1. The second kappa shape index (κ2) is 8.43. The molecule has 0 fully saturated rings. The van der Waals surface area contributed by atoms with Crippen LogP contribution < -0.4 is 5.56 Å². The molecule has 0 bridgehead atoms. The van der Waals surface area contributed by atoms with Crippen LogP contribution in [0.25, 0.3) is 16.6 Å². The maximum absolute atomic E-state index is 13.3. The average molecular weight is 494 g/mol. The van der Waals surface area contributed by atoms with Gasteiger partial charge in [-0.3, -0.25) is 14.2 Å². The van der Waals surface area contributed by atoms with Gasteiger partial charge in [0.2, 0.25) is 0 Å². The Morgan fingerprint density at radius 3 is 2.74 bits per heavy atom. The van der Waals surface area contributed by atoms with Crippen molar-refractivity contribution in [1.29, 1.82) is 0 Å². The fourth-order valence-corrected chi connectivity index (χ4v) is 4.12. The van der Waals surface area contributed by atoms with E-state index in [1.807, 2.05) is 49.4 Å². The van der Waals surface area contributed by atoms with Crippen LogP contribution in [0.1, 0.15) is 19.4 Å². The fourth-order valence-electron chi connectivity index (χ4n) is 2.71. The molecule has 3 rings (SSSR count). The topological polar surface area (TPSA) is 61.2 Å². The first-order valence-electron chi connectivity index (χ1n) is 8.54. The van der Waals surface area contributed by atoms with E-state index in [2.05, 4.69) is 22.6 Å². The number of hydrogen-bond acceptors (Lipinski definition) is 5. The lowest BCUT2D eigenvalue weighted by molar-refractivity contribution is -0.142. The molecule has 0 amide bonds. The third kappa shape index (κ3) is 4.19. The molecular formula is C20H19IN2O3S. The largest absolute Gasteiger partial charge is 0.465 e. The maximum atomic E-state index is 13.3. The number of halogens is 1. The predicted molar refractivity (Wildman–Crippen MR) is 117 cm³/mol. The Morgan fingerprint density at radius 2 is 2.04 bits per heavy atom. The minimum absolute atomic E-state index is 0.147. The Balaban J connectivity index is 2.23. The van der Waals surface area contributed by atoms with Crippen LogP contribution in [0, 0.1) is 10.5 Å². The van der Waals surface area contributed by atoms with Gasteiger partial charge in [-0.1, -0.05) is 30.0 Å². The average Bonchev–Trinajstić information content (AvgIpc) is 2.64. The Hall–Kier alpha value is -1.87. The molecule has 0 aliphatic heterocycles. The zero-order valence-corrected chi connectivity index (χ0v) is 18.2. The van der Waals surface area contributed by atoms with Crippen LogP contribution in [0.3, 0.4) is 0 Å². The highest BCUT2D eigenvalue weighted by molar-refractivity contribution is 14.1. The molecule has 0 aliphatic rings. The van der Waals surface area contributed by atoms with Crippen molar-refractivity contribution in [1.82, 2.24) is 9.55 Å². The molecule has 3 aromatic rings. The molecule has 0 unspecified atom stereocenters. The summed E-state index contributed by atoms with van der Waals surface area (Å²) in [5.41, 5.74) is 2.18. The van der Waals surface area contributed by atoms with E-state index in [-0.39, 0.29) is 11.5 Å². The van der Waals surface area contributed by atoms with Crippen molar-refractivity contribution in [2.75, 3.05) is 6.61 Å². The van der Waals surface area contributed by atoms with E-state index in [0.717, 1.165) is 14.8 Å². The van der Waals surface area contributed by atoms with Gasteiger partial charge >= 0.3 is 5.97 Å². The van der Waals surface area contributed by atoms with E-state index in [4.69, 9.17) is 9.72 Å². The number of carbonyl (C=O) groups excluding carboxylic acids is 1. The molecule has 0 spiro atoms. The summed E-state index contributed by atoms with van der Waals surface area (Å²) >= 11 is 3.41. The zero-order valence-electron chi connectivity index (χ0n) is 15.2. The van der Waals surface area contributed by atoms with E-state index >= 15 is 0 Å². The van der Waals surface area contributed by atoms with Crippen molar-refractivity contribution in [3.8, 4) is 5.69 Å². The predicted octanol–water partition coefficient (Wildman–Crippen LogP) is 4.34. The molecule has 0 N–H and O–H groups in total. The van der Waals surface area contributed by atoms with Gasteiger partial charge in [0.05, 0.1) is 23.2 Å². The summed E-state index contributed by atoms with van der Waals surface area (Å²) in [6, 6.07) is 13.2. The molecule has 2 aromatic carbocycles. The Morgan fingerprint density at radius 1 is 1.30 bits per heavy atom. The molecule has 1 atom stereocenters. The Kier molecular flexibility index (Phi) is 6.21. The number of aromatic nitrogens is 2. The van der Waals surface area contributed by atoms with Crippen LogP contribution in [0.4, 0.5) is 0 Å². The van der Waals surface area contributed by atoms with Gasteiger partial charge in [-0.05, 0) is 73.2 Å². The highest BCUT2D eigenvalue weighted by Crippen LogP contribution is 2.27. The maximum Gasteiger partial charge on any atom is 0.319 e. The number of para-hydroxylation sites is 1. The monoisotopic (exact) mass is 494 g/mol. The molecule has 0 aliphatic carbocycles. The van der Waals surface area contributed by atoms with E-state index in [0.29, 0.717) is 22.7 Å². The smallest absolute Gasteiger partial charge is 0.319 e. The van der Waals surface area contributed by atoms with Gasteiger partial charge in [-0.15, -0.1) is 0 Å². The number of carbonyl (C=O) groups is 1. The van der Waals surface area contributed by atoms with Crippen LogP contribution in [0.2, 0.25) is 0 Å². The molecule has 27 heavy (non-hydrogen) atoms. The van der Waals surface area contributed by atoms with Gasteiger partial charge in [0.15, 0.2) is 5.16 Å². The lowest BCUT2D eigenvalue weighted by Gasteiger charge is -2.17. The van der Waals surface area contributed by atoms with Crippen molar-refractivity contribution in [2.45, 2.75) is 31.2 Å². The Labute approximate surface area is 175 Å². The molecule has 0 saturated carbocycles. The summed E-state index contributed by atoms with van der Waals surface area (Å²) in [6.07, 6.45) is 0. The molecule has 0 radical (unpaired) electrons. The first-order valence-corrected chi connectivity index (χ1v) is 10.5. The van der Waals surface area contributed by atoms with Crippen LogP contribution in [0.15, 0.2) is 52.4 Å². The summed E-state index contributed by atoms with van der Waals surface area (Å²) in [7, 11) is 0. The summed E-state index contributed by atoms with van der Waals surface area (Å²) < 4.78 is 7.66. The van der Waals surface area contributed by atoms with Gasteiger partial charge in [0.1, 0.15) is 5.25 Å². The molecule has 7 heteroatoms. The minimum Gasteiger partial charge on any atom is -0.465 e. The van der Waals surface area contributed by atoms with Crippen LogP contribution in [-0.4, -0.2) is 27.4 Å². The summed E-state index contributed by atoms with van der Waals surface area (Å²) in [4.78, 5) is 30.1. The third-order valence-electron chi connectivity index (χ3n) is 4.06. The van der Waals surface area contributed by atoms with Crippen LogP contribution in [0.5, 0.6) is 0 Å². The number of esters is 1. The third-order valence-corrected chi connectivity index (χ3v) is 5.76.